The Hall–Kier alpha value is -3.28. The average Bonchev–Trinajstić information content (AvgIpc) is 3.40. The molecule has 0 atom stereocenters. The zero-order valence-electron chi connectivity index (χ0n) is 18.9. The highest BCUT2D eigenvalue weighted by atomic mass is 35.5. The first kappa shape index (κ1) is 25.3. The maximum atomic E-state index is 13.2. The van der Waals surface area contributed by atoms with Crippen LogP contribution < -0.4 is 19.9 Å². The van der Waals surface area contributed by atoms with Gasteiger partial charge in [0.05, 0.1) is 26.5 Å². The lowest BCUT2D eigenvalue weighted by molar-refractivity contribution is 0.331. The van der Waals surface area contributed by atoms with Crippen molar-refractivity contribution >= 4 is 39.2 Å². The second kappa shape index (κ2) is 10.3. The topological polar surface area (TPSA) is 134 Å². The van der Waals surface area contributed by atoms with Crippen LogP contribution in [0, 0.1) is 6.92 Å². The highest BCUT2D eigenvalue weighted by Crippen LogP contribution is 2.36. The molecule has 0 aliphatic rings. The second-order valence-corrected chi connectivity index (χ2v) is 9.09. The lowest BCUT2D eigenvalue weighted by Gasteiger charge is -2.12. The minimum atomic E-state index is -4.01. The molecule has 182 valence electrons. The van der Waals surface area contributed by atoms with Crippen molar-refractivity contribution in [3.05, 3.63) is 59.4 Å². The first-order valence-corrected chi connectivity index (χ1v) is 11.8. The Bertz CT molecular complexity index is 1400. The molecule has 12 heteroatoms. The van der Waals surface area contributed by atoms with E-state index in [1.165, 1.54) is 13.2 Å². The van der Waals surface area contributed by atoms with E-state index in [0.717, 1.165) is 16.7 Å². The minimum absolute atomic E-state index is 0. The van der Waals surface area contributed by atoms with Crippen LogP contribution in [0.25, 0.3) is 11.0 Å². The second-order valence-electron chi connectivity index (χ2n) is 7.44. The number of aryl methyl sites for hydroxylation is 1. The Balaban J connectivity index is 0.00000324. The zero-order valence-corrected chi connectivity index (χ0v) is 20.6. The largest absolute Gasteiger partial charge is 0.496 e. The summed E-state index contributed by atoms with van der Waals surface area (Å²) in [5, 5.41) is 8.64. The molecule has 0 fully saturated rings. The minimum Gasteiger partial charge on any atom is -0.496 e. The molecule has 0 amide bonds. The van der Waals surface area contributed by atoms with E-state index in [4.69, 9.17) is 19.7 Å². The number of hydrogen-bond donors (Lipinski definition) is 2. The molecule has 3 N–H and O–H groups in total. The fraction of sp³-hybridized carbons (Fsp3) is 0.273. The summed E-state index contributed by atoms with van der Waals surface area (Å²) in [4.78, 5) is 0.0103. The summed E-state index contributed by atoms with van der Waals surface area (Å²) >= 11 is 0. The van der Waals surface area contributed by atoms with Crippen molar-refractivity contribution in [2.45, 2.75) is 31.8 Å². The van der Waals surface area contributed by atoms with Gasteiger partial charge in [0.15, 0.2) is 11.4 Å². The van der Waals surface area contributed by atoms with E-state index in [0.29, 0.717) is 36.4 Å². The van der Waals surface area contributed by atoms with Gasteiger partial charge >= 0.3 is 0 Å². The van der Waals surface area contributed by atoms with Crippen molar-refractivity contribution in [2.24, 2.45) is 5.73 Å². The third kappa shape index (κ3) is 5.11. The summed E-state index contributed by atoms with van der Waals surface area (Å²) in [5.74, 6) is 0.714. The van der Waals surface area contributed by atoms with Crippen molar-refractivity contribution < 1.29 is 22.4 Å². The number of anilines is 1. The molecule has 0 saturated heterocycles. The van der Waals surface area contributed by atoms with Gasteiger partial charge in [0.2, 0.25) is 0 Å². The molecule has 0 radical (unpaired) electrons. The first-order chi connectivity index (χ1) is 15.8. The van der Waals surface area contributed by atoms with Gasteiger partial charge in [0.1, 0.15) is 21.8 Å². The van der Waals surface area contributed by atoms with Gasteiger partial charge in [-0.1, -0.05) is 11.2 Å². The van der Waals surface area contributed by atoms with Gasteiger partial charge in [-0.05, 0) is 49.2 Å². The number of rotatable bonds is 9. The first-order valence-electron chi connectivity index (χ1n) is 10.3. The van der Waals surface area contributed by atoms with Crippen molar-refractivity contribution in [3.63, 3.8) is 0 Å². The van der Waals surface area contributed by atoms with Crippen LogP contribution in [0.3, 0.4) is 0 Å². The molecule has 2 aromatic carbocycles. The maximum Gasteiger partial charge on any atom is 0.266 e. The number of fused-ring (bicyclic) bond motifs is 1. The number of sulfonamides is 1. The summed E-state index contributed by atoms with van der Waals surface area (Å²) in [6, 6.07) is 8.44. The van der Waals surface area contributed by atoms with Gasteiger partial charge < -0.3 is 19.7 Å². The van der Waals surface area contributed by atoms with E-state index < -0.39 is 10.0 Å². The Morgan fingerprint density at radius 1 is 1.18 bits per heavy atom. The lowest BCUT2D eigenvalue weighted by atomic mass is 10.1. The van der Waals surface area contributed by atoms with E-state index in [1.807, 2.05) is 13.1 Å². The van der Waals surface area contributed by atoms with Crippen LogP contribution >= 0.6 is 12.4 Å². The predicted molar refractivity (Wildman–Crippen MR) is 130 cm³/mol. The molecule has 0 unspecified atom stereocenters. The summed E-state index contributed by atoms with van der Waals surface area (Å²) in [6.07, 6.45) is 3.56. The molecule has 4 aromatic rings. The standard InChI is InChI=1S/C22H25N5O5S.ClH/c1-4-31-17-7-14(2)5-6-20(17)33(28,29)26-22-21-18(30-3)8-15(9-19(21)32-25-22)12-27-13-16(10-23)11-24-27;/h5-9,11,13H,4,10,12,23H2,1-3H3,(H,25,26);1H. The smallest absolute Gasteiger partial charge is 0.266 e. The van der Waals surface area contributed by atoms with Crippen molar-refractivity contribution in [1.82, 2.24) is 14.9 Å². The van der Waals surface area contributed by atoms with Crippen LogP contribution in [0.15, 0.2) is 52.1 Å². The van der Waals surface area contributed by atoms with Crippen molar-refractivity contribution in [3.8, 4) is 11.5 Å². The van der Waals surface area contributed by atoms with Crippen LogP contribution in [-0.4, -0.2) is 37.1 Å². The van der Waals surface area contributed by atoms with E-state index in [1.54, 1.807) is 42.1 Å². The number of nitrogens with two attached hydrogens (primary N) is 1. The zero-order chi connectivity index (χ0) is 23.6. The highest BCUT2D eigenvalue weighted by Gasteiger charge is 2.24. The van der Waals surface area contributed by atoms with Crippen LogP contribution in [0.5, 0.6) is 11.5 Å². The van der Waals surface area contributed by atoms with E-state index in [-0.39, 0.29) is 28.9 Å². The van der Waals surface area contributed by atoms with Gasteiger partial charge in [-0.25, -0.2) is 8.42 Å². The Morgan fingerprint density at radius 3 is 2.65 bits per heavy atom. The molecule has 0 aliphatic carbocycles. The van der Waals surface area contributed by atoms with Crippen LogP contribution in [0.4, 0.5) is 5.82 Å². The Kier molecular flexibility index (Phi) is 7.70. The number of hydrogen-bond acceptors (Lipinski definition) is 8. The molecule has 10 nitrogen and oxygen atoms in total. The normalized spacial score (nSPS) is 11.3. The summed E-state index contributed by atoms with van der Waals surface area (Å²) in [6.45, 7) is 4.84. The summed E-state index contributed by atoms with van der Waals surface area (Å²) in [7, 11) is -2.51. The number of nitrogens with one attached hydrogen (secondary N) is 1. The average molecular weight is 508 g/mol. The van der Waals surface area contributed by atoms with Gasteiger partial charge in [-0.15, -0.1) is 12.4 Å². The number of aromatic nitrogens is 3. The van der Waals surface area contributed by atoms with Crippen LogP contribution in [0.2, 0.25) is 0 Å². The fourth-order valence-electron chi connectivity index (χ4n) is 3.49. The maximum absolute atomic E-state index is 13.2. The molecular formula is C22H26ClN5O5S. The quantitative estimate of drug-likeness (QED) is 0.351. The molecule has 2 heterocycles. The fourth-order valence-corrected chi connectivity index (χ4v) is 4.62. The Morgan fingerprint density at radius 2 is 1.97 bits per heavy atom. The summed E-state index contributed by atoms with van der Waals surface area (Å²) < 4.78 is 47.1. The highest BCUT2D eigenvalue weighted by molar-refractivity contribution is 7.92. The molecule has 0 saturated carbocycles. The van der Waals surface area contributed by atoms with E-state index in [9.17, 15) is 8.42 Å². The molecule has 2 aromatic heterocycles. The molecule has 0 bridgehead atoms. The van der Waals surface area contributed by atoms with E-state index in [2.05, 4.69) is 15.0 Å². The van der Waals surface area contributed by atoms with Gasteiger partial charge in [-0.3, -0.25) is 9.40 Å². The Labute approximate surface area is 203 Å². The molecular weight excluding hydrogens is 482 g/mol. The molecule has 0 aliphatic heterocycles. The SMILES string of the molecule is CCOc1cc(C)ccc1S(=O)(=O)Nc1noc2cc(Cn3cc(CN)cn3)cc(OC)c12.Cl. The number of halogens is 1. The van der Waals surface area contributed by atoms with Crippen LogP contribution in [-0.2, 0) is 23.1 Å². The van der Waals surface area contributed by atoms with Crippen molar-refractivity contribution in [2.75, 3.05) is 18.4 Å². The van der Waals surface area contributed by atoms with Gasteiger partial charge in [0.25, 0.3) is 10.0 Å². The van der Waals surface area contributed by atoms with Crippen molar-refractivity contribution in [1.29, 1.82) is 0 Å². The lowest BCUT2D eigenvalue weighted by Crippen LogP contribution is -2.15. The molecule has 34 heavy (non-hydrogen) atoms. The van der Waals surface area contributed by atoms with Crippen LogP contribution in [0.1, 0.15) is 23.6 Å². The molecule has 0 spiro atoms. The van der Waals surface area contributed by atoms with Gasteiger partial charge in [0, 0.05) is 18.3 Å². The number of nitrogens with zero attached hydrogens (tertiary/aromatic N) is 3. The third-order valence-corrected chi connectivity index (χ3v) is 6.38. The van der Waals surface area contributed by atoms with Gasteiger partial charge in [-0.2, -0.15) is 5.10 Å². The summed E-state index contributed by atoms with van der Waals surface area (Å²) in [5.41, 5.74) is 8.67. The number of benzene rings is 2. The number of ether oxygens (including phenoxy) is 2. The molecule has 4 rings (SSSR count). The van der Waals surface area contributed by atoms with E-state index >= 15 is 0 Å². The predicted octanol–water partition coefficient (Wildman–Crippen LogP) is 3.47. The monoisotopic (exact) mass is 507 g/mol. The number of methoxy groups -OCH3 is 1. The third-order valence-electron chi connectivity index (χ3n) is 5.00.